The molecule has 34 heavy (non-hydrogen) atoms. The minimum atomic E-state index is -0.103. The Labute approximate surface area is 200 Å². The van der Waals surface area contributed by atoms with Crippen LogP contribution in [-0.2, 0) is 4.79 Å². The van der Waals surface area contributed by atoms with Gasteiger partial charge < -0.3 is 23.8 Å². The molecule has 2 aromatic rings. The van der Waals surface area contributed by atoms with E-state index in [1.54, 1.807) is 42.4 Å². The molecule has 0 N–H and O–H groups in total. The van der Waals surface area contributed by atoms with Gasteiger partial charge in [-0.25, -0.2) is 0 Å². The van der Waals surface area contributed by atoms with Crippen LogP contribution in [0.15, 0.2) is 42.5 Å². The minimum Gasteiger partial charge on any atom is -0.493 e. The van der Waals surface area contributed by atoms with Crippen molar-refractivity contribution < 1.29 is 28.5 Å². The molecule has 4 rings (SSSR count). The Balaban J connectivity index is 1.33. The number of methoxy groups -OCH3 is 1. The molecule has 180 valence electrons. The van der Waals surface area contributed by atoms with Crippen molar-refractivity contribution in [2.75, 3.05) is 33.4 Å². The molecule has 2 aliphatic heterocycles. The highest BCUT2D eigenvalue weighted by molar-refractivity contribution is 5.99. The maximum atomic E-state index is 13.0. The molecule has 7 heteroatoms. The van der Waals surface area contributed by atoms with E-state index in [1.807, 2.05) is 32.0 Å². The standard InChI is InChI=1S/C27H31NO6/c1-18(2)34-23-7-4-19(16-24(23)31-3)5-9-26(29)28-12-10-20(11-13-28)27(30)21-6-8-22-25(17-21)33-15-14-32-22/h4-9,16-18,20H,10-15H2,1-3H3. The average Bonchev–Trinajstić information content (AvgIpc) is 2.87. The number of hydrogen-bond acceptors (Lipinski definition) is 6. The lowest BCUT2D eigenvalue weighted by molar-refractivity contribution is -0.127. The number of piperidine rings is 1. The third kappa shape index (κ3) is 5.53. The van der Waals surface area contributed by atoms with E-state index < -0.39 is 0 Å². The fraction of sp³-hybridized carbons (Fsp3) is 0.407. The van der Waals surface area contributed by atoms with E-state index in [9.17, 15) is 9.59 Å². The van der Waals surface area contributed by atoms with Crippen LogP contribution in [0.2, 0.25) is 0 Å². The molecule has 1 amide bonds. The molecule has 1 fully saturated rings. The number of benzene rings is 2. The molecule has 2 aromatic carbocycles. The second-order valence-corrected chi connectivity index (χ2v) is 8.73. The van der Waals surface area contributed by atoms with Crippen LogP contribution in [0, 0.1) is 5.92 Å². The Kier molecular flexibility index (Phi) is 7.40. The zero-order valence-electron chi connectivity index (χ0n) is 19.9. The predicted octanol–water partition coefficient (Wildman–Crippen LogP) is 4.39. The van der Waals surface area contributed by atoms with Crippen LogP contribution in [0.3, 0.4) is 0 Å². The fourth-order valence-corrected chi connectivity index (χ4v) is 4.21. The number of carbonyl (C=O) groups excluding carboxylic acids is 2. The number of ether oxygens (including phenoxy) is 4. The summed E-state index contributed by atoms with van der Waals surface area (Å²) >= 11 is 0. The average molecular weight is 466 g/mol. The third-order valence-corrected chi connectivity index (χ3v) is 5.97. The van der Waals surface area contributed by atoms with Crippen molar-refractivity contribution in [3.63, 3.8) is 0 Å². The molecule has 0 unspecified atom stereocenters. The smallest absolute Gasteiger partial charge is 0.246 e. The molecule has 1 saturated heterocycles. The van der Waals surface area contributed by atoms with Gasteiger partial charge in [0.15, 0.2) is 28.8 Å². The van der Waals surface area contributed by atoms with Crippen molar-refractivity contribution in [1.29, 1.82) is 0 Å². The molecule has 0 aliphatic carbocycles. The lowest BCUT2D eigenvalue weighted by Gasteiger charge is -2.30. The highest BCUT2D eigenvalue weighted by atomic mass is 16.6. The molecule has 0 spiro atoms. The van der Waals surface area contributed by atoms with E-state index >= 15 is 0 Å². The van der Waals surface area contributed by atoms with E-state index in [1.165, 1.54) is 0 Å². The predicted molar refractivity (Wildman–Crippen MR) is 129 cm³/mol. The van der Waals surface area contributed by atoms with Crippen molar-refractivity contribution in [3.05, 3.63) is 53.6 Å². The number of Topliss-reactive ketones (excluding diaryl/α,β-unsaturated/α-hetero) is 1. The molecular formula is C27H31NO6. The quantitative estimate of drug-likeness (QED) is 0.446. The van der Waals surface area contributed by atoms with Crippen LogP contribution in [0.25, 0.3) is 6.08 Å². The first-order valence-electron chi connectivity index (χ1n) is 11.7. The first-order valence-corrected chi connectivity index (χ1v) is 11.7. The monoisotopic (exact) mass is 465 g/mol. The summed E-state index contributed by atoms with van der Waals surface area (Å²) in [6.07, 6.45) is 4.67. The van der Waals surface area contributed by atoms with Gasteiger partial charge in [0.1, 0.15) is 13.2 Å². The number of rotatable bonds is 7. The van der Waals surface area contributed by atoms with E-state index in [4.69, 9.17) is 18.9 Å². The zero-order chi connectivity index (χ0) is 24.1. The molecule has 7 nitrogen and oxygen atoms in total. The van der Waals surface area contributed by atoms with Crippen molar-refractivity contribution in [2.45, 2.75) is 32.8 Å². The summed E-state index contributed by atoms with van der Waals surface area (Å²) in [5.41, 5.74) is 1.48. The van der Waals surface area contributed by atoms with E-state index in [-0.39, 0.29) is 23.7 Å². The van der Waals surface area contributed by atoms with Gasteiger partial charge >= 0.3 is 0 Å². The summed E-state index contributed by atoms with van der Waals surface area (Å²) in [6, 6.07) is 10.9. The normalized spacial score (nSPS) is 16.1. The molecule has 0 radical (unpaired) electrons. The van der Waals surface area contributed by atoms with E-state index in [2.05, 4.69) is 0 Å². The number of ketones is 1. The lowest BCUT2D eigenvalue weighted by atomic mass is 9.88. The fourth-order valence-electron chi connectivity index (χ4n) is 4.21. The summed E-state index contributed by atoms with van der Waals surface area (Å²) in [5, 5.41) is 0. The van der Waals surface area contributed by atoms with Crippen molar-refractivity contribution >= 4 is 17.8 Å². The largest absolute Gasteiger partial charge is 0.493 e. The first kappa shape index (κ1) is 23.7. The molecule has 0 aromatic heterocycles. The van der Waals surface area contributed by atoms with Gasteiger partial charge in [-0.05, 0) is 68.7 Å². The highest BCUT2D eigenvalue weighted by Crippen LogP contribution is 2.33. The van der Waals surface area contributed by atoms with Crippen molar-refractivity contribution in [3.8, 4) is 23.0 Å². The van der Waals surface area contributed by atoms with Crippen LogP contribution in [0.1, 0.15) is 42.6 Å². The first-order chi connectivity index (χ1) is 16.4. The molecular weight excluding hydrogens is 434 g/mol. The van der Waals surface area contributed by atoms with Crippen LogP contribution < -0.4 is 18.9 Å². The van der Waals surface area contributed by atoms with E-state index in [0.29, 0.717) is 67.7 Å². The maximum absolute atomic E-state index is 13.0. The Morgan fingerprint density at radius 3 is 2.44 bits per heavy atom. The number of nitrogens with zero attached hydrogens (tertiary/aromatic N) is 1. The van der Waals surface area contributed by atoms with Crippen LogP contribution in [0.4, 0.5) is 0 Å². The molecule has 0 atom stereocenters. The second-order valence-electron chi connectivity index (χ2n) is 8.73. The van der Waals surface area contributed by atoms with Gasteiger partial charge in [0.25, 0.3) is 0 Å². The summed E-state index contributed by atoms with van der Waals surface area (Å²) in [7, 11) is 1.59. The molecule has 2 aliphatic rings. The Morgan fingerprint density at radius 1 is 1.00 bits per heavy atom. The topological polar surface area (TPSA) is 74.3 Å². The second kappa shape index (κ2) is 10.6. The SMILES string of the molecule is COc1cc(C=CC(=O)N2CCC(C(=O)c3ccc4c(c3)OCCO4)CC2)ccc1OC(C)C. The Hall–Kier alpha value is -3.48. The highest BCUT2D eigenvalue weighted by Gasteiger charge is 2.28. The summed E-state index contributed by atoms with van der Waals surface area (Å²) in [6.45, 7) is 6.02. The molecule has 0 bridgehead atoms. The minimum absolute atomic E-state index is 0.0428. The summed E-state index contributed by atoms with van der Waals surface area (Å²) in [4.78, 5) is 27.5. The summed E-state index contributed by atoms with van der Waals surface area (Å²) in [5.74, 6) is 2.52. The number of amides is 1. The molecule has 2 heterocycles. The maximum Gasteiger partial charge on any atom is 0.246 e. The van der Waals surface area contributed by atoms with Crippen LogP contribution in [0.5, 0.6) is 23.0 Å². The number of likely N-dealkylation sites (tertiary alicyclic amines) is 1. The molecule has 0 saturated carbocycles. The Morgan fingerprint density at radius 2 is 1.74 bits per heavy atom. The van der Waals surface area contributed by atoms with Gasteiger partial charge in [0.2, 0.25) is 5.91 Å². The third-order valence-electron chi connectivity index (χ3n) is 5.97. The summed E-state index contributed by atoms with van der Waals surface area (Å²) < 4.78 is 22.3. The van der Waals surface area contributed by atoms with E-state index in [0.717, 1.165) is 5.56 Å². The van der Waals surface area contributed by atoms with Gasteiger partial charge in [0.05, 0.1) is 13.2 Å². The van der Waals surface area contributed by atoms with Gasteiger partial charge in [-0.15, -0.1) is 0 Å². The van der Waals surface area contributed by atoms with Crippen molar-refractivity contribution in [2.24, 2.45) is 5.92 Å². The van der Waals surface area contributed by atoms with Gasteiger partial charge in [0, 0.05) is 30.6 Å². The zero-order valence-corrected chi connectivity index (χ0v) is 19.9. The Bertz CT molecular complexity index is 1070. The van der Waals surface area contributed by atoms with Gasteiger partial charge in [-0.2, -0.15) is 0 Å². The van der Waals surface area contributed by atoms with Gasteiger partial charge in [-0.3, -0.25) is 9.59 Å². The lowest BCUT2D eigenvalue weighted by Crippen LogP contribution is -2.39. The van der Waals surface area contributed by atoms with Crippen molar-refractivity contribution in [1.82, 2.24) is 4.90 Å². The van der Waals surface area contributed by atoms with Crippen LogP contribution in [-0.4, -0.2) is 56.1 Å². The van der Waals surface area contributed by atoms with Gasteiger partial charge in [-0.1, -0.05) is 6.07 Å². The number of carbonyl (C=O) groups is 2. The van der Waals surface area contributed by atoms with Crippen LogP contribution >= 0.6 is 0 Å². The number of hydrogen-bond donors (Lipinski definition) is 0. The number of fused-ring (bicyclic) bond motifs is 1.